The summed E-state index contributed by atoms with van der Waals surface area (Å²) in [5.41, 5.74) is -4.99. The molecule has 0 saturated heterocycles. The molecule has 0 bridgehead atoms. The smallest absolute Gasteiger partial charge is 0.332 e. The van der Waals surface area contributed by atoms with Crippen LogP contribution in [-0.4, -0.2) is 10.2 Å². The number of hydrogen-bond donors (Lipinski definition) is 4. The van der Waals surface area contributed by atoms with Crippen LogP contribution in [0.4, 0.5) is 75.4 Å². The molecule has 4 nitrogen and oxygen atoms in total. The average Bonchev–Trinajstić information content (AvgIpc) is 2.96. The molecule has 4 aromatic carbocycles. The molecule has 0 heterocycles. The van der Waals surface area contributed by atoms with Gasteiger partial charge in [0.2, 0.25) is 0 Å². The summed E-state index contributed by atoms with van der Waals surface area (Å²) in [6, 6.07) is 11.3. The van der Waals surface area contributed by atoms with E-state index < -0.39 is 58.3 Å². The van der Waals surface area contributed by atoms with Crippen LogP contribution in [-0.2, 0) is 24.7 Å². The lowest BCUT2D eigenvalue weighted by atomic mass is 9.93. The van der Waals surface area contributed by atoms with Crippen LogP contribution < -0.4 is 21.3 Å². The summed E-state index contributed by atoms with van der Waals surface area (Å²) in [5, 5.41) is 9.48. The van der Waals surface area contributed by atoms with Gasteiger partial charge in [-0.15, -0.1) is 0 Å². The second kappa shape index (κ2) is 14.0. The molecule has 4 N–H and O–H groups in total. The summed E-state index contributed by atoms with van der Waals surface area (Å²) in [6.07, 6.45) is -20.4. The zero-order valence-electron chi connectivity index (χ0n) is 25.3. The lowest BCUT2D eigenvalue weighted by molar-refractivity contribution is -0.144. The molecule has 0 radical (unpaired) electrons. The van der Waals surface area contributed by atoms with E-state index in [0.29, 0.717) is 46.5 Å². The van der Waals surface area contributed by atoms with Crippen LogP contribution in [0.1, 0.15) is 33.4 Å². The fraction of sp³-hybridized carbons (Fsp3) is 0.188. The van der Waals surface area contributed by atoms with Crippen molar-refractivity contribution in [3.8, 4) is 11.1 Å². The Balaban J connectivity index is 1.67. The van der Waals surface area contributed by atoms with Crippen molar-refractivity contribution in [1.29, 1.82) is 0 Å². The molecule has 4 aromatic rings. The van der Waals surface area contributed by atoms with Gasteiger partial charge in [-0.2, -0.15) is 52.7 Å². The fourth-order valence-electron chi connectivity index (χ4n) is 4.83. The van der Waals surface area contributed by atoms with Crippen LogP contribution in [0.5, 0.6) is 0 Å². The zero-order valence-corrected chi connectivity index (χ0v) is 26.9. The van der Waals surface area contributed by atoms with Gasteiger partial charge in [-0.1, -0.05) is 24.3 Å². The highest BCUT2D eigenvalue weighted by Crippen LogP contribution is 2.41. The number of anilines is 4. The van der Waals surface area contributed by atoms with E-state index in [1.807, 2.05) is 0 Å². The van der Waals surface area contributed by atoms with Gasteiger partial charge in [0, 0.05) is 33.9 Å². The topological polar surface area (TPSA) is 48.1 Å². The Morgan fingerprint density at radius 1 is 0.440 bits per heavy atom. The molecule has 0 spiro atoms. The lowest BCUT2D eigenvalue weighted by Crippen LogP contribution is -2.22. The Morgan fingerprint density at radius 2 is 0.720 bits per heavy atom. The standard InChI is InChI=1S/C32H22F12N4S2/c1-15-5-3-7-23(47-27(49)45-21-11-17(29(33,34)35)9-18(12-21)30(36,37)38)25(15)26-16(2)6-4-8-24(26)48-28(50)46-22-13-19(31(39,40)41)10-20(14-22)32(42,43)44/h3-14H,1-2H3,(H2,45,47,49)(H2,46,48,50). The van der Waals surface area contributed by atoms with Gasteiger partial charge in [-0.25, -0.2) is 0 Å². The monoisotopic (exact) mass is 754 g/mol. The third-order valence-corrected chi connectivity index (χ3v) is 7.39. The minimum Gasteiger partial charge on any atom is -0.332 e. The van der Waals surface area contributed by atoms with E-state index in [4.69, 9.17) is 24.4 Å². The van der Waals surface area contributed by atoms with E-state index in [9.17, 15) is 52.7 Å². The second-order valence-corrected chi connectivity index (χ2v) is 11.6. The molecule has 0 atom stereocenters. The summed E-state index contributed by atoms with van der Waals surface area (Å²) < 4.78 is 160. The van der Waals surface area contributed by atoms with Crippen molar-refractivity contribution in [3.05, 3.63) is 106 Å². The second-order valence-electron chi connectivity index (χ2n) is 10.7. The minimum absolute atomic E-state index is 0.0332. The first-order chi connectivity index (χ1) is 22.9. The first kappa shape index (κ1) is 38.2. The van der Waals surface area contributed by atoms with Crippen LogP contribution >= 0.6 is 24.4 Å². The van der Waals surface area contributed by atoms with Gasteiger partial charge < -0.3 is 21.3 Å². The molecular formula is C32H22F12N4S2. The Morgan fingerprint density at radius 3 is 0.980 bits per heavy atom. The molecule has 50 heavy (non-hydrogen) atoms. The van der Waals surface area contributed by atoms with Crippen molar-refractivity contribution >= 4 is 57.4 Å². The Labute approximate surface area is 286 Å². The molecule has 0 aliphatic rings. The van der Waals surface area contributed by atoms with Gasteiger partial charge >= 0.3 is 24.7 Å². The van der Waals surface area contributed by atoms with Crippen molar-refractivity contribution in [3.63, 3.8) is 0 Å². The number of nitrogens with one attached hydrogen (secondary N) is 4. The maximum absolute atomic E-state index is 13.4. The van der Waals surface area contributed by atoms with Crippen LogP contribution in [0.3, 0.4) is 0 Å². The number of rotatable bonds is 5. The Bertz CT molecular complexity index is 1730. The predicted octanol–water partition coefficient (Wildman–Crippen LogP) is 11.7. The van der Waals surface area contributed by atoms with E-state index >= 15 is 0 Å². The molecule has 0 aliphatic carbocycles. The number of thiocarbonyl (C=S) groups is 2. The molecule has 0 saturated carbocycles. The van der Waals surface area contributed by atoms with Crippen LogP contribution in [0.25, 0.3) is 11.1 Å². The first-order valence-electron chi connectivity index (χ1n) is 13.9. The Kier molecular flexibility index (Phi) is 10.7. The average molecular weight is 755 g/mol. The van der Waals surface area contributed by atoms with Crippen LogP contribution in [0.2, 0.25) is 0 Å². The molecule has 0 unspecified atom stereocenters. The number of benzene rings is 4. The van der Waals surface area contributed by atoms with Crippen LogP contribution in [0, 0.1) is 13.8 Å². The van der Waals surface area contributed by atoms with Gasteiger partial charge in [0.05, 0.1) is 22.3 Å². The van der Waals surface area contributed by atoms with Gasteiger partial charge in [-0.3, -0.25) is 0 Å². The first-order valence-corrected chi connectivity index (χ1v) is 14.7. The summed E-state index contributed by atoms with van der Waals surface area (Å²) in [7, 11) is 0. The fourth-order valence-corrected chi connectivity index (χ4v) is 5.29. The third-order valence-electron chi connectivity index (χ3n) is 6.98. The molecule has 0 aliphatic heterocycles. The SMILES string of the molecule is Cc1cccc(NC(=S)Nc2cc(C(F)(F)F)cc(C(F)(F)F)c2)c1-c1c(C)cccc1NC(=S)Nc1cc(C(F)(F)F)cc(C(F)(F)F)c1. The van der Waals surface area contributed by atoms with Gasteiger partial charge in [-0.05, 0) is 97.9 Å². The van der Waals surface area contributed by atoms with Crippen LogP contribution in [0.15, 0.2) is 72.8 Å². The quantitative estimate of drug-likeness (QED) is 0.120. The highest BCUT2D eigenvalue weighted by molar-refractivity contribution is 7.81. The number of alkyl halides is 12. The number of hydrogen-bond acceptors (Lipinski definition) is 2. The van der Waals surface area contributed by atoms with Crippen molar-refractivity contribution in [2.75, 3.05) is 21.3 Å². The van der Waals surface area contributed by atoms with E-state index in [2.05, 4.69) is 21.3 Å². The summed E-state index contributed by atoms with van der Waals surface area (Å²) in [6.45, 7) is 3.35. The molecule has 0 amide bonds. The normalized spacial score (nSPS) is 12.4. The van der Waals surface area contributed by atoms with E-state index in [-0.39, 0.29) is 33.7 Å². The van der Waals surface area contributed by atoms with Crippen molar-refractivity contribution in [2.45, 2.75) is 38.6 Å². The molecule has 0 aromatic heterocycles. The highest BCUT2D eigenvalue weighted by Gasteiger charge is 2.38. The molecule has 4 rings (SSSR count). The van der Waals surface area contributed by atoms with E-state index in [1.54, 1.807) is 38.1 Å². The summed E-state index contributed by atoms with van der Waals surface area (Å²) in [4.78, 5) is 0. The molecule has 266 valence electrons. The van der Waals surface area contributed by atoms with Gasteiger partial charge in [0.15, 0.2) is 10.2 Å². The summed E-state index contributed by atoms with van der Waals surface area (Å²) in [5.74, 6) is 0. The highest BCUT2D eigenvalue weighted by atomic mass is 32.1. The lowest BCUT2D eigenvalue weighted by Gasteiger charge is -2.22. The molecule has 0 fully saturated rings. The summed E-state index contributed by atoms with van der Waals surface area (Å²) >= 11 is 10.5. The zero-order chi connectivity index (χ0) is 37.4. The number of halogens is 12. The molecule has 18 heteroatoms. The van der Waals surface area contributed by atoms with Crippen molar-refractivity contribution in [1.82, 2.24) is 0 Å². The minimum atomic E-state index is -5.10. The van der Waals surface area contributed by atoms with E-state index in [0.717, 1.165) is 0 Å². The van der Waals surface area contributed by atoms with Gasteiger partial charge in [0.1, 0.15) is 0 Å². The largest absolute Gasteiger partial charge is 0.416 e. The number of aryl methyl sites for hydroxylation is 2. The Hall–Kier alpha value is -4.58. The molecular weight excluding hydrogens is 732 g/mol. The van der Waals surface area contributed by atoms with Crippen molar-refractivity contribution < 1.29 is 52.7 Å². The van der Waals surface area contributed by atoms with E-state index in [1.165, 1.54) is 12.1 Å². The predicted molar refractivity (Wildman–Crippen MR) is 174 cm³/mol. The third kappa shape index (κ3) is 9.35. The van der Waals surface area contributed by atoms with Gasteiger partial charge in [0.25, 0.3) is 0 Å². The maximum Gasteiger partial charge on any atom is 0.416 e. The maximum atomic E-state index is 13.4. The van der Waals surface area contributed by atoms with Crippen molar-refractivity contribution in [2.24, 2.45) is 0 Å².